The summed E-state index contributed by atoms with van der Waals surface area (Å²) in [6, 6.07) is 15.3. The molecule has 0 bridgehead atoms. The number of fused-ring (bicyclic) bond motifs is 3. The van der Waals surface area contributed by atoms with E-state index in [4.69, 9.17) is 0 Å². The van der Waals surface area contributed by atoms with E-state index in [2.05, 4.69) is 36.9 Å². The van der Waals surface area contributed by atoms with Crippen molar-refractivity contribution in [2.24, 2.45) is 0 Å². The van der Waals surface area contributed by atoms with Crippen LogP contribution in [0.15, 0.2) is 53.4 Å². The Bertz CT molecular complexity index is 1290. The second-order valence-corrected chi connectivity index (χ2v) is 11.3. The third kappa shape index (κ3) is 3.55. The van der Waals surface area contributed by atoms with Crippen molar-refractivity contribution >= 4 is 32.8 Å². The van der Waals surface area contributed by atoms with E-state index in [1.807, 2.05) is 17.0 Å². The van der Waals surface area contributed by atoms with Gasteiger partial charge in [0.1, 0.15) is 0 Å². The highest BCUT2D eigenvalue weighted by Gasteiger charge is 2.32. The molecular weight excluding hydrogens is 428 g/mol. The lowest BCUT2D eigenvalue weighted by atomic mass is 10.1. The summed E-state index contributed by atoms with van der Waals surface area (Å²) in [6.45, 7) is 7.11. The molecule has 2 aromatic carbocycles. The number of benzene rings is 2. The number of nitrogens with zero attached hydrogens (tertiary/aromatic N) is 2. The molecule has 31 heavy (non-hydrogen) atoms. The normalized spacial score (nSPS) is 17.2. The number of hydrogen-bond acceptors (Lipinski definition) is 5. The zero-order valence-corrected chi connectivity index (χ0v) is 19.2. The topological polar surface area (TPSA) is 57.7 Å². The minimum absolute atomic E-state index is 0.00473. The van der Waals surface area contributed by atoms with Gasteiger partial charge < -0.3 is 9.80 Å². The molecule has 0 aliphatic carbocycles. The van der Waals surface area contributed by atoms with Gasteiger partial charge in [0, 0.05) is 42.3 Å². The summed E-state index contributed by atoms with van der Waals surface area (Å²) < 4.78 is 25.3. The average molecular weight is 453 g/mol. The van der Waals surface area contributed by atoms with Gasteiger partial charge in [-0.2, -0.15) is 0 Å². The number of amides is 1. The summed E-state index contributed by atoms with van der Waals surface area (Å²) in [4.78, 5) is 19.3. The zero-order valence-electron chi connectivity index (χ0n) is 17.6. The van der Waals surface area contributed by atoms with Crippen molar-refractivity contribution in [2.75, 3.05) is 31.1 Å². The van der Waals surface area contributed by atoms with Gasteiger partial charge in [0.15, 0.2) is 9.84 Å². The lowest BCUT2D eigenvalue weighted by Crippen LogP contribution is -2.48. The molecule has 1 aromatic heterocycles. The monoisotopic (exact) mass is 452 g/mol. The molecule has 2 aliphatic rings. The van der Waals surface area contributed by atoms with E-state index in [0.717, 1.165) is 23.5 Å². The quantitative estimate of drug-likeness (QED) is 0.582. The van der Waals surface area contributed by atoms with Gasteiger partial charge in [-0.05, 0) is 48.7 Å². The van der Waals surface area contributed by atoms with Crippen LogP contribution in [-0.4, -0.2) is 45.4 Å². The second kappa shape index (κ2) is 7.50. The first kappa shape index (κ1) is 20.3. The van der Waals surface area contributed by atoms with Gasteiger partial charge in [0.2, 0.25) is 0 Å². The van der Waals surface area contributed by atoms with E-state index >= 15 is 0 Å². The summed E-state index contributed by atoms with van der Waals surface area (Å²) in [5.74, 6) is -0.0429. The fraction of sp³-hybridized carbons (Fsp3) is 0.292. The van der Waals surface area contributed by atoms with Crippen LogP contribution in [-0.2, 0) is 15.6 Å². The highest BCUT2D eigenvalue weighted by molar-refractivity contribution is 7.91. The van der Waals surface area contributed by atoms with Gasteiger partial charge in [-0.1, -0.05) is 30.3 Å². The first-order valence-electron chi connectivity index (χ1n) is 10.4. The van der Waals surface area contributed by atoms with Crippen LogP contribution in [0.5, 0.6) is 0 Å². The van der Waals surface area contributed by atoms with E-state index in [0.29, 0.717) is 28.4 Å². The fourth-order valence-electron chi connectivity index (χ4n) is 4.44. The van der Waals surface area contributed by atoms with Crippen molar-refractivity contribution in [3.63, 3.8) is 0 Å². The number of rotatable bonds is 2. The smallest absolute Gasteiger partial charge is 0.264 e. The van der Waals surface area contributed by atoms with Crippen molar-refractivity contribution in [1.29, 1.82) is 0 Å². The summed E-state index contributed by atoms with van der Waals surface area (Å²) in [5.41, 5.74) is 5.17. The molecule has 0 atom stereocenters. The van der Waals surface area contributed by atoms with Crippen LogP contribution in [0.25, 0.3) is 10.4 Å². The second-order valence-electron chi connectivity index (χ2n) is 8.29. The van der Waals surface area contributed by atoms with Crippen molar-refractivity contribution < 1.29 is 13.2 Å². The maximum Gasteiger partial charge on any atom is 0.264 e. The highest BCUT2D eigenvalue weighted by atomic mass is 32.2. The van der Waals surface area contributed by atoms with Crippen LogP contribution in [0, 0.1) is 13.8 Å². The van der Waals surface area contributed by atoms with Gasteiger partial charge in [-0.15, -0.1) is 11.3 Å². The molecule has 5 nitrogen and oxygen atoms in total. The molecule has 0 saturated carbocycles. The predicted molar refractivity (Wildman–Crippen MR) is 125 cm³/mol. The number of sulfone groups is 1. The molecular formula is C24H24N2O3S2. The molecule has 160 valence electrons. The molecule has 3 aromatic rings. The van der Waals surface area contributed by atoms with Crippen molar-refractivity contribution in [2.45, 2.75) is 24.5 Å². The van der Waals surface area contributed by atoms with E-state index in [1.165, 1.54) is 28.2 Å². The number of carbonyl (C=O) groups is 1. The van der Waals surface area contributed by atoms with Crippen molar-refractivity contribution in [3.8, 4) is 10.4 Å². The van der Waals surface area contributed by atoms with E-state index < -0.39 is 9.84 Å². The van der Waals surface area contributed by atoms with Crippen LogP contribution in [0.4, 0.5) is 5.69 Å². The molecule has 5 rings (SSSR count). The number of carbonyl (C=O) groups excluding carboxylic acids is 1. The van der Waals surface area contributed by atoms with E-state index in [-0.39, 0.29) is 11.7 Å². The van der Waals surface area contributed by atoms with Crippen LogP contribution in [0.1, 0.15) is 26.4 Å². The first-order valence-corrected chi connectivity index (χ1v) is 12.9. The summed E-state index contributed by atoms with van der Waals surface area (Å²) in [5, 5.41) is 0. The highest BCUT2D eigenvalue weighted by Crippen LogP contribution is 2.43. The Kier molecular flexibility index (Phi) is 4.90. The summed E-state index contributed by atoms with van der Waals surface area (Å²) >= 11 is 1.41. The fourth-order valence-corrected chi connectivity index (χ4v) is 7.37. The van der Waals surface area contributed by atoms with E-state index in [1.54, 1.807) is 18.2 Å². The lowest BCUT2D eigenvalue weighted by Gasteiger charge is -2.36. The Morgan fingerprint density at radius 3 is 2.48 bits per heavy atom. The van der Waals surface area contributed by atoms with Crippen LogP contribution in [0.2, 0.25) is 0 Å². The third-order valence-corrected chi connectivity index (χ3v) is 9.02. The van der Waals surface area contributed by atoms with Crippen molar-refractivity contribution in [3.05, 3.63) is 70.1 Å². The molecule has 2 aliphatic heterocycles. The van der Waals surface area contributed by atoms with Crippen LogP contribution < -0.4 is 4.90 Å². The number of hydrogen-bond donors (Lipinski definition) is 0. The first-order chi connectivity index (χ1) is 14.8. The summed E-state index contributed by atoms with van der Waals surface area (Å²) in [7, 11) is -3.36. The largest absolute Gasteiger partial charge is 0.368 e. The maximum atomic E-state index is 13.2. The number of aryl methyl sites for hydroxylation is 2. The number of thiophene rings is 1. The molecule has 7 heteroatoms. The molecule has 0 spiro atoms. The Labute approximate surface area is 186 Å². The predicted octanol–water partition coefficient (Wildman–Crippen LogP) is 4.28. The molecule has 0 radical (unpaired) electrons. The van der Waals surface area contributed by atoms with E-state index in [9.17, 15) is 13.2 Å². The molecule has 0 N–H and O–H groups in total. The van der Waals surface area contributed by atoms with Gasteiger partial charge in [-0.25, -0.2) is 8.42 Å². The average Bonchev–Trinajstić information content (AvgIpc) is 3.18. The summed E-state index contributed by atoms with van der Waals surface area (Å²) in [6.07, 6.45) is 0. The molecule has 0 unspecified atom stereocenters. The molecule has 1 amide bonds. The maximum absolute atomic E-state index is 13.2. The molecule has 1 saturated heterocycles. The van der Waals surface area contributed by atoms with Gasteiger partial charge >= 0.3 is 0 Å². The Morgan fingerprint density at radius 2 is 1.71 bits per heavy atom. The minimum atomic E-state index is -3.36. The third-order valence-electron chi connectivity index (χ3n) is 6.10. The standard InChI is InChI=1S/C24H24N2O3S2/c1-16-7-8-17(2)20(13-16)25-9-11-26(12-10-25)24(27)21-14-18-15-31(28,29)22-6-4-3-5-19(22)23(18)30-21/h3-8,13-14H,9-12,15H2,1-2H3. The Hall–Kier alpha value is -2.64. The minimum Gasteiger partial charge on any atom is -0.368 e. The zero-order chi connectivity index (χ0) is 21.8. The van der Waals surface area contributed by atoms with Crippen molar-refractivity contribution in [1.82, 2.24) is 4.90 Å². The van der Waals surface area contributed by atoms with Gasteiger partial charge in [0.05, 0.1) is 15.5 Å². The van der Waals surface area contributed by atoms with Gasteiger partial charge in [-0.3, -0.25) is 4.79 Å². The Balaban J connectivity index is 1.36. The number of anilines is 1. The van der Waals surface area contributed by atoms with Gasteiger partial charge in [0.25, 0.3) is 5.91 Å². The molecule has 1 fully saturated rings. The SMILES string of the molecule is Cc1ccc(C)c(N2CCN(C(=O)c3cc4c(s3)-c3ccccc3S(=O)(=O)C4)CC2)c1. The molecule has 3 heterocycles. The van der Waals surface area contributed by atoms with Crippen LogP contribution >= 0.6 is 11.3 Å². The lowest BCUT2D eigenvalue weighted by molar-refractivity contribution is 0.0751. The number of piperazine rings is 1. The van der Waals surface area contributed by atoms with Crippen LogP contribution in [0.3, 0.4) is 0 Å². The Morgan fingerprint density at radius 1 is 0.968 bits per heavy atom.